The molecule has 0 spiro atoms. The van der Waals surface area contributed by atoms with Gasteiger partial charge in [-0.05, 0) is 29.7 Å². The number of fused-ring (bicyclic) bond motifs is 1. The SMILES string of the molecule is COc1ccc2sc(C(=O)C(C)(F)F)cc2c1. The zero-order valence-corrected chi connectivity index (χ0v) is 10.1. The van der Waals surface area contributed by atoms with E-state index in [-0.39, 0.29) is 4.88 Å². The highest BCUT2D eigenvalue weighted by Gasteiger charge is 2.34. The Hall–Kier alpha value is -1.49. The van der Waals surface area contributed by atoms with E-state index in [1.54, 1.807) is 18.2 Å². The number of hydrogen-bond acceptors (Lipinski definition) is 3. The van der Waals surface area contributed by atoms with Crippen molar-refractivity contribution in [2.24, 2.45) is 0 Å². The lowest BCUT2D eigenvalue weighted by atomic mass is 10.2. The Morgan fingerprint density at radius 1 is 1.35 bits per heavy atom. The van der Waals surface area contributed by atoms with Gasteiger partial charge in [-0.2, -0.15) is 8.78 Å². The van der Waals surface area contributed by atoms with Crippen LogP contribution in [0.25, 0.3) is 10.1 Å². The number of methoxy groups -OCH3 is 1. The number of benzene rings is 1. The Labute approximate surface area is 101 Å². The highest BCUT2D eigenvalue weighted by atomic mass is 32.1. The van der Waals surface area contributed by atoms with Gasteiger partial charge in [0, 0.05) is 11.6 Å². The third-order valence-corrected chi connectivity index (χ3v) is 3.46. The number of carbonyl (C=O) groups excluding carboxylic acids is 1. The Morgan fingerprint density at radius 2 is 2.06 bits per heavy atom. The molecule has 2 nitrogen and oxygen atoms in total. The van der Waals surface area contributed by atoms with Crippen LogP contribution < -0.4 is 4.74 Å². The second-order valence-electron chi connectivity index (χ2n) is 3.73. The van der Waals surface area contributed by atoms with Crippen molar-refractivity contribution in [3.05, 3.63) is 29.1 Å². The van der Waals surface area contributed by atoms with E-state index >= 15 is 0 Å². The summed E-state index contributed by atoms with van der Waals surface area (Å²) in [6.45, 7) is 0.611. The first-order valence-corrected chi connectivity index (χ1v) is 5.73. The molecule has 0 amide bonds. The van der Waals surface area contributed by atoms with Gasteiger partial charge in [-0.15, -0.1) is 11.3 Å². The zero-order valence-electron chi connectivity index (χ0n) is 9.29. The molecule has 0 radical (unpaired) electrons. The summed E-state index contributed by atoms with van der Waals surface area (Å²) >= 11 is 1.07. The molecule has 0 bridgehead atoms. The van der Waals surface area contributed by atoms with Crippen LogP contribution in [0.15, 0.2) is 24.3 Å². The van der Waals surface area contributed by atoms with Crippen molar-refractivity contribution in [1.29, 1.82) is 0 Å². The van der Waals surface area contributed by atoms with Gasteiger partial charge in [-0.3, -0.25) is 4.79 Å². The smallest absolute Gasteiger partial charge is 0.307 e. The Balaban J connectivity index is 2.48. The maximum Gasteiger partial charge on any atom is 0.307 e. The molecule has 0 aliphatic heterocycles. The van der Waals surface area contributed by atoms with Crippen LogP contribution in [0.5, 0.6) is 5.75 Å². The van der Waals surface area contributed by atoms with Crippen LogP contribution in [-0.4, -0.2) is 18.8 Å². The molecule has 5 heteroatoms. The van der Waals surface area contributed by atoms with Crippen LogP contribution in [0.1, 0.15) is 16.6 Å². The summed E-state index contributed by atoms with van der Waals surface area (Å²) in [6.07, 6.45) is 0. The van der Waals surface area contributed by atoms with Gasteiger partial charge in [-0.1, -0.05) is 0 Å². The molecule has 0 saturated carbocycles. The molecule has 0 N–H and O–H groups in total. The normalized spacial score (nSPS) is 11.8. The van der Waals surface area contributed by atoms with Crippen LogP contribution in [0.2, 0.25) is 0 Å². The van der Waals surface area contributed by atoms with Crippen molar-refractivity contribution >= 4 is 27.2 Å². The first-order chi connectivity index (χ1) is 7.91. The molecule has 2 aromatic rings. The van der Waals surface area contributed by atoms with E-state index in [0.717, 1.165) is 21.4 Å². The van der Waals surface area contributed by atoms with Gasteiger partial charge in [0.1, 0.15) is 5.75 Å². The van der Waals surface area contributed by atoms with Gasteiger partial charge in [-0.25, -0.2) is 0 Å². The molecule has 0 aliphatic carbocycles. The van der Waals surface area contributed by atoms with E-state index in [4.69, 9.17) is 4.74 Å². The van der Waals surface area contributed by atoms with E-state index in [1.165, 1.54) is 13.2 Å². The number of hydrogen-bond donors (Lipinski definition) is 0. The Morgan fingerprint density at radius 3 is 2.65 bits per heavy atom. The van der Waals surface area contributed by atoms with Crippen LogP contribution in [0, 0.1) is 0 Å². The Kier molecular flexibility index (Phi) is 2.87. The van der Waals surface area contributed by atoms with Crippen molar-refractivity contribution in [1.82, 2.24) is 0 Å². The third kappa shape index (κ3) is 2.29. The fourth-order valence-corrected chi connectivity index (χ4v) is 2.54. The second kappa shape index (κ2) is 4.07. The maximum atomic E-state index is 12.9. The lowest BCUT2D eigenvalue weighted by Gasteiger charge is -2.05. The molecule has 1 aromatic carbocycles. The summed E-state index contributed by atoms with van der Waals surface area (Å²) < 4.78 is 31.6. The number of Topliss-reactive ketones (excluding diaryl/α,β-unsaturated/α-hetero) is 1. The van der Waals surface area contributed by atoms with Gasteiger partial charge in [0.05, 0.1) is 12.0 Å². The molecule has 0 fully saturated rings. The lowest BCUT2D eigenvalue weighted by Crippen LogP contribution is -2.23. The average Bonchev–Trinajstić information content (AvgIpc) is 2.68. The first-order valence-electron chi connectivity index (χ1n) is 4.92. The van der Waals surface area contributed by atoms with Crippen LogP contribution in [0.3, 0.4) is 0 Å². The molecule has 1 heterocycles. The van der Waals surface area contributed by atoms with Crippen molar-refractivity contribution in [3.8, 4) is 5.75 Å². The van der Waals surface area contributed by atoms with Gasteiger partial charge in [0.2, 0.25) is 5.78 Å². The van der Waals surface area contributed by atoms with E-state index in [1.807, 2.05) is 0 Å². The van der Waals surface area contributed by atoms with Crippen LogP contribution >= 0.6 is 11.3 Å². The minimum absolute atomic E-state index is 0.0701. The van der Waals surface area contributed by atoms with Crippen molar-refractivity contribution in [2.75, 3.05) is 7.11 Å². The molecular formula is C12H10F2O2S. The number of halogens is 2. The zero-order chi connectivity index (χ0) is 12.6. The van der Waals surface area contributed by atoms with E-state index in [0.29, 0.717) is 12.7 Å². The van der Waals surface area contributed by atoms with E-state index in [9.17, 15) is 13.6 Å². The lowest BCUT2D eigenvalue weighted by molar-refractivity contribution is 0.0226. The molecule has 0 aliphatic rings. The third-order valence-electron chi connectivity index (χ3n) is 2.35. The molecule has 0 atom stereocenters. The number of ether oxygens (including phenoxy) is 1. The number of ketones is 1. The highest BCUT2D eigenvalue weighted by molar-refractivity contribution is 7.20. The summed E-state index contributed by atoms with van der Waals surface area (Å²) in [5.74, 6) is -3.83. The van der Waals surface area contributed by atoms with Gasteiger partial charge < -0.3 is 4.74 Å². The average molecular weight is 256 g/mol. The highest BCUT2D eigenvalue weighted by Crippen LogP contribution is 2.32. The van der Waals surface area contributed by atoms with Gasteiger partial charge in [0.25, 0.3) is 0 Å². The van der Waals surface area contributed by atoms with Crippen LogP contribution in [0.4, 0.5) is 8.78 Å². The molecule has 90 valence electrons. The van der Waals surface area contributed by atoms with E-state index < -0.39 is 11.7 Å². The molecule has 0 unspecified atom stereocenters. The second-order valence-corrected chi connectivity index (χ2v) is 4.82. The standard InChI is InChI=1S/C12H10F2O2S/c1-12(13,14)11(15)10-6-7-5-8(16-2)3-4-9(7)17-10/h3-6H,1-2H3. The topological polar surface area (TPSA) is 26.3 Å². The fraction of sp³-hybridized carbons (Fsp3) is 0.250. The molecule has 0 saturated heterocycles. The molecule has 2 rings (SSSR count). The van der Waals surface area contributed by atoms with Crippen molar-refractivity contribution in [3.63, 3.8) is 0 Å². The number of carbonyl (C=O) groups is 1. The first kappa shape index (κ1) is 12.0. The molecule has 1 aromatic heterocycles. The van der Waals surface area contributed by atoms with Crippen LogP contribution in [-0.2, 0) is 0 Å². The summed E-state index contributed by atoms with van der Waals surface area (Å²) in [5, 5.41) is 0.738. The van der Waals surface area contributed by atoms with Crippen molar-refractivity contribution < 1.29 is 18.3 Å². The maximum absolute atomic E-state index is 12.9. The quantitative estimate of drug-likeness (QED) is 0.782. The number of alkyl halides is 2. The molecular weight excluding hydrogens is 246 g/mol. The van der Waals surface area contributed by atoms with E-state index in [2.05, 4.69) is 0 Å². The largest absolute Gasteiger partial charge is 0.497 e. The predicted octanol–water partition coefficient (Wildman–Crippen LogP) is 3.75. The number of thiophene rings is 1. The monoisotopic (exact) mass is 256 g/mol. The summed E-state index contributed by atoms with van der Waals surface area (Å²) in [4.78, 5) is 11.5. The molecule has 17 heavy (non-hydrogen) atoms. The van der Waals surface area contributed by atoms with Crippen molar-refractivity contribution in [2.45, 2.75) is 12.8 Å². The number of rotatable bonds is 3. The minimum atomic E-state index is -3.33. The Bertz CT molecular complexity index is 569. The summed E-state index contributed by atoms with van der Waals surface area (Å²) in [5.41, 5.74) is 0. The van der Waals surface area contributed by atoms with Gasteiger partial charge >= 0.3 is 5.92 Å². The fourth-order valence-electron chi connectivity index (χ4n) is 1.48. The minimum Gasteiger partial charge on any atom is -0.497 e. The summed E-state index contributed by atoms with van der Waals surface area (Å²) in [7, 11) is 1.53. The van der Waals surface area contributed by atoms with Gasteiger partial charge in [0.15, 0.2) is 0 Å². The summed E-state index contributed by atoms with van der Waals surface area (Å²) in [6, 6.07) is 6.68. The predicted molar refractivity (Wildman–Crippen MR) is 63.3 cm³/mol.